The lowest BCUT2D eigenvalue weighted by atomic mass is 10.1. The van der Waals surface area contributed by atoms with E-state index in [0.29, 0.717) is 13.2 Å². The van der Waals surface area contributed by atoms with Gasteiger partial charge in [-0.05, 0) is 13.8 Å². The van der Waals surface area contributed by atoms with Crippen LogP contribution in [0, 0.1) is 0 Å². The van der Waals surface area contributed by atoms with E-state index in [1.807, 2.05) is 13.8 Å². The normalized spacial score (nSPS) is 50.7. The summed E-state index contributed by atoms with van der Waals surface area (Å²) in [5.41, 5.74) is -0.203. The van der Waals surface area contributed by atoms with E-state index in [1.165, 1.54) is 0 Å². The van der Waals surface area contributed by atoms with Gasteiger partial charge in [-0.1, -0.05) is 0 Å². The number of rotatable bonds is 0. The van der Waals surface area contributed by atoms with Crippen molar-refractivity contribution in [2.24, 2.45) is 0 Å². The van der Waals surface area contributed by atoms with Gasteiger partial charge in [-0.25, -0.2) is 0 Å². The average Bonchev–Trinajstić information content (AvgIpc) is 2.11. The zero-order valence-electron chi connectivity index (χ0n) is 7.05. The van der Waals surface area contributed by atoms with Crippen molar-refractivity contribution in [3.63, 3.8) is 0 Å². The van der Waals surface area contributed by atoms with Crippen LogP contribution in [0.2, 0.25) is 0 Å². The fourth-order valence-corrected chi connectivity index (χ4v) is 1.63. The predicted octanol–water partition coefficient (Wildman–Crippen LogP) is 0.928. The maximum atomic E-state index is 5.75. The second-order valence-electron chi connectivity index (χ2n) is 3.78. The number of ether oxygens (including phenoxy) is 3. The Labute approximate surface area is 66.6 Å². The topological polar surface area (TPSA) is 27.7 Å². The first kappa shape index (κ1) is 7.53. The van der Waals surface area contributed by atoms with Crippen LogP contribution in [0.1, 0.15) is 20.3 Å². The molecule has 3 heteroatoms. The van der Waals surface area contributed by atoms with Crippen molar-refractivity contribution in [3.8, 4) is 0 Å². The molecule has 0 N–H and O–H groups in total. The van der Waals surface area contributed by atoms with Gasteiger partial charge in [0.15, 0.2) is 5.79 Å². The summed E-state index contributed by atoms with van der Waals surface area (Å²) in [6.45, 7) is 6.06. The van der Waals surface area contributed by atoms with Gasteiger partial charge in [-0.3, -0.25) is 0 Å². The summed E-state index contributed by atoms with van der Waals surface area (Å²) in [6, 6.07) is 0. The van der Waals surface area contributed by atoms with E-state index < -0.39 is 0 Å². The molecule has 0 aromatic rings. The highest BCUT2D eigenvalue weighted by Crippen LogP contribution is 2.35. The maximum absolute atomic E-state index is 5.75. The Kier molecular flexibility index (Phi) is 1.50. The Hall–Kier alpha value is -0.120. The van der Waals surface area contributed by atoms with Crippen LogP contribution < -0.4 is 0 Å². The Balaban J connectivity index is 2.18. The van der Waals surface area contributed by atoms with Crippen molar-refractivity contribution < 1.29 is 14.2 Å². The Morgan fingerprint density at radius 2 is 2.00 bits per heavy atom. The number of hydrogen-bond acceptors (Lipinski definition) is 3. The van der Waals surface area contributed by atoms with Crippen LogP contribution in [0.4, 0.5) is 0 Å². The molecule has 0 spiro atoms. The van der Waals surface area contributed by atoms with Crippen LogP contribution in [-0.4, -0.2) is 31.2 Å². The Morgan fingerprint density at radius 3 is 2.82 bits per heavy atom. The summed E-state index contributed by atoms with van der Waals surface area (Å²) in [5.74, 6) is -0.384. The lowest BCUT2D eigenvalue weighted by molar-refractivity contribution is -0.166. The summed E-state index contributed by atoms with van der Waals surface area (Å²) >= 11 is 0. The molecule has 2 aliphatic rings. The second kappa shape index (κ2) is 2.19. The summed E-state index contributed by atoms with van der Waals surface area (Å²) < 4.78 is 16.7. The molecule has 0 saturated carbocycles. The molecule has 2 saturated heterocycles. The van der Waals surface area contributed by atoms with E-state index in [2.05, 4.69) is 0 Å². The summed E-state index contributed by atoms with van der Waals surface area (Å²) in [5, 5.41) is 0. The lowest BCUT2D eigenvalue weighted by Gasteiger charge is -2.22. The minimum Gasteiger partial charge on any atom is -0.378 e. The van der Waals surface area contributed by atoms with Crippen LogP contribution in [0.5, 0.6) is 0 Å². The molecule has 2 unspecified atom stereocenters. The van der Waals surface area contributed by atoms with Crippen LogP contribution in [-0.2, 0) is 14.2 Å². The highest BCUT2D eigenvalue weighted by atomic mass is 16.8. The van der Waals surface area contributed by atoms with Crippen LogP contribution in [0.25, 0.3) is 0 Å². The van der Waals surface area contributed by atoms with Gasteiger partial charge in [-0.15, -0.1) is 0 Å². The fraction of sp³-hybridized carbons (Fsp3) is 1.00. The predicted molar refractivity (Wildman–Crippen MR) is 39.3 cm³/mol. The quantitative estimate of drug-likeness (QED) is 0.525. The average molecular weight is 158 g/mol. The molecule has 2 atom stereocenters. The van der Waals surface area contributed by atoms with E-state index in [9.17, 15) is 0 Å². The van der Waals surface area contributed by atoms with Crippen molar-refractivity contribution in [2.45, 2.75) is 31.7 Å². The first-order valence-electron chi connectivity index (χ1n) is 4.04. The van der Waals surface area contributed by atoms with E-state index >= 15 is 0 Å². The summed E-state index contributed by atoms with van der Waals surface area (Å²) in [4.78, 5) is 0. The molecule has 2 aliphatic heterocycles. The minimum atomic E-state index is -0.384. The third-order valence-corrected chi connectivity index (χ3v) is 2.25. The van der Waals surface area contributed by atoms with E-state index in [1.54, 1.807) is 0 Å². The Morgan fingerprint density at radius 1 is 1.18 bits per heavy atom. The number of fused-ring (bicyclic) bond motifs is 2. The zero-order chi connectivity index (χ0) is 7.95. The molecule has 0 amide bonds. The summed E-state index contributed by atoms with van der Waals surface area (Å²) in [7, 11) is 0. The minimum absolute atomic E-state index is 0.203. The van der Waals surface area contributed by atoms with Gasteiger partial charge in [0.25, 0.3) is 0 Å². The second-order valence-corrected chi connectivity index (χ2v) is 3.78. The van der Waals surface area contributed by atoms with Crippen molar-refractivity contribution in [3.05, 3.63) is 0 Å². The van der Waals surface area contributed by atoms with Gasteiger partial charge < -0.3 is 14.2 Å². The third-order valence-electron chi connectivity index (χ3n) is 2.25. The lowest BCUT2D eigenvalue weighted by Crippen LogP contribution is -2.33. The van der Waals surface area contributed by atoms with E-state index in [0.717, 1.165) is 13.0 Å². The van der Waals surface area contributed by atoms with Gasteiger partial charge in [0.2, 0.25) is 0 Å². The van der Waals surface area contributed by atoms with Gasteiger partial charge in [0.05, 0.1) is 19.8 Å². The smallest absolute Gasteiger partial charge is 0.168 e. The molecule has 3 nitrogen and oxygen atoms in total. The van der Waals surface area contributed by atoms with Crippen LogP contribution in [0.15, 0.2) is 0 Å². The summed E-state index contributed by atoms with van der Waals surface area (Å²) in [6.07, 6.45) is 0.836. The van der Waals surface area contributed by atoms with Gasteiger partial charge in [-0.2, -0.15) is 0 Å². The SMILES string of the molecule is CC12COCCC(C)(OC1)O2. The molecule has 0 aromatic carbocycles. The molecule has 2 fully saturated rings. The van der Waals surface area contributed by atoms with Gasteiger partial charge in [0, 0.05) is 6.42 Å². The van der Waals surface area contributed by atoms with Crippen molar-refractivity contribution in [1.29, 1.82) is 0 Å². The monoisotopic (exact) mass is 158 g/mol. The van der Waals surface area contributed by atoms with E-state index in [4.69, 9.17) is 14.2 Å². The highest BCUT2D eigenvalue weighted by Gasteiger charge is 2.46. The number of hydrogen-bond donors (Lipinski definition) is 0. The van der Waals surface area contributed by atoms with Crippen molar-refractivity contribution in [2.75, 3.05) is 19.8 Å². The third kappa shape index (κ3) is 1.28. The fourth-order valence-electron chi connectivity index (χ4n) is 1.63. The molecular weight excluding hydrogens is 144 g/mol. The first-order valence-corrected chi connectivity index (χ1v) is 4.04. The maximum Gasteiger partial charge on any atom is 0.168 e. The molecule has 2 heterocycles. The largest absolute Gasteiger partial charge is 0.378 e. The van der Waals surface area contributed by atoms with Crippen molar-refractivity contribution in [1.82, 2.24) is 0 Å². The van der Waals surface area contributed by atoms with Crippen LogP contribution >= 0.6 is 0 Å². The molecule has 2 rings (SSSR count). The Bertz CT molecular complexity index is 145. The van der Waals surface area contributed by atoms with E-state index in [-0.39, 0.29) is 11.4 Å². The highest BCUT2D eigenvalue weighted by molar-refractivity contribution is 4.87. The molecule has 11 heavy (non-hydrogen) atoms. The molecule has 0 aromatic heterocycles. The van der Waals surface area contributed by atoms with Gasteiger partial charge in [0.1, 0.15) is 5.60 Å². The zero-order valence-corrected chi connectivity index (χ0v) is 7.05. The molecule has 0 aliphatic carbocycles. The molecule has 64 valence electrons. The molecular formula is C8H14O3. The van der Waals surface area contributed by atoms with Crippen LogP contribution in [0.3, 0.4) is 0 Å². The van der Waals surface area contributed by atoms with Gasteiger partial charge >= 0.3 is 0 Å². The molecule has 2 bridgehead atoms. The van der Waals surface area contributed by atoms with Crippen molar-refractivity contribution >= 4 is 0 Å². The standard InChI is InChI=1S/C8H14O3/c1-7-5-9-4-3-8(2,11-7)10-6-7/h3-6H2,1-2H3. The first-order chi connectivity index (χ1) is 5.12. The molecule has 0 radical (unpaired) electrons.